The summed E-state index contributed by atoms with van der Waals surface area (Å²) >= 11 is 0. The van der Waals surface area contributed by atoms with Gasteiger partial charge in [0.2, 0.25) is 0 Å². The Morgan fingerprint density at radius 3 is 2.50 bits per heavy atom. The Morgan fingerprint density at radius 2 is 2.20 bits per heavy atom. The molecule has 0 aromatic rings. The van der Waals surface area contributed by atoms with Gasteiger partial charge in [-0.25, -0.2) is 0 Å². The predicted octanol–water partition coefficient (Wildman–Crippen LogP) is 0.821. The third-order valence-corrected chi connectivity index (χ3v) is 1.85. The number of hydrogen-bond acceptors (Lipinski definition) is 2. The highest BCUT2D eigenvalue weighted by Crippen LogP contribution is 2.11. The number of ketones is 1. The SMILES string of the molecule is CC(C)CC(=O)C1CNC1. The van der Waals surface area contributed by atoms with Crippen molar-refractivity contribution in [3.8, 4) is 0 Å². The lowest BCUT2D eigenvalue weighted by Crippen LogP contribution is -2.46. The van der Waals surface area contributed by atoms with Crippen molar-refractivity contribution < 1.29 is 4.79 Å². The Labute approximate surface area is 62.0 Å². The zero-order chi connectivity index (χ0) is 7.56. The Bertz CT molecular complexity index is 127. The van der Waals surface area contributed by atoms with Crippen LogP contribution in [0.3, 0.4) is 0 Å². The van der Waals surface area contributed by atoms with Crippen LogP contribution in [0.25, 0.3) is 0 Å². The summed E-state index contributed by atoms with van der Waals surface area (Å²) in [6, 6.07) is 0. The Morgan fingerprint density at radius 1 is 1.60 bits per heavy atom. The van der Waals surface area contributed by atoms with Crippen LogP contribution in [0, 0.1) is 11.8 Å². The summed E-state index contributed by atoms with van der Waals surface area (Å²) in [7, 11) is 0. The normalized spacial score (nSPS) is 19.1. The predicted molar refractivity (Wildman–Crippen MR) is 40.8 cm³/mol. The Balaban J connectivity index is 2.20. The number of nitrogens with one attached hydrogen (secondary N) is 1. The maximum atomic E-state index is 11.2. The van der Waals surface area contributed by atoms with Gasteiger partial charge in [-0.1, -0.05) is 13.8 Å². The van der Waals surface area contributed by atoms with E-state index in [0.717, 1.165) is 19.5 Å². The van der Waals surface area contributed by atoms with Crippen LogP contribution in [0.4, 0.5) is 0 Å². The van der Waals surface area contributed by atoms with E-state index < -0.39 is 0 Å². The number of Topliss-reactive ketones (excluding diaryl/α,β-unsaturated/α-hetero) is 1. The maximum Gasteiger partial charge on any atom is 0.138 e. The van der Waals surface area contributed by atoms with Crippen LogP contribution in [-0.2, 0) is 4.79 Å². The third kappa shape index (κ3) is 1.81. The first-order chi connectivity index (χ1) is 4.70. The lowest BCUT2D eigenvalue weighted by Gasteiger charge is -2.26. The second-order valence-corrected chi connectivity index (χ2v) is 3.42. The molecule has 0 bridgehead atoms. The molecule has 0 amide bonds. The van der Waals surface area contributed by atoms with E-state index in [9.17, 15) is 4.79 Å². The summed E-state index contributed by atoms with van der Waals surface area (Å²) in [5, 5.41) is 3.09. The Kier molecular flexibility index (Phi) is 2.44. The molecule has 0 aliphatic carbocycles. The third-order valence-electron chi connectivity index (χ3n) is 1.85. The van der Waals surface area contributed by atoms with Crippen LogP contribution in [0.1, 0.15) is 20.3 Å². The molecule has 0 radical (unpaired) electrons. The first-order valence-corrected chi connectivity index (χ1v) is 3.93. The minimum Gasteiger partial charge on any atom is -0.315 e. The highest BCUT2D eigenvalue weighted by molar-refractivity contribution is 5.82. The van der Waals surface area contributed by atoms with Gasteiger partial charge in [0.1, 0.15) is 5.78 Å². The first kappa shape index (κ1) is 7.73. The van der Waals surface area contributed by atoms with Gasteiger partial charge in [0.05, 0.1) is 0 Å². The van der Waals surface area contributed by atoms with Gasteiger partial charge in [-0.05, 0) is 5.92 Å². The van der Waals surface area contributed by atoms with Crippen molar-refractivity contribution in [2.45, 2.75) is 20.3 Å². The molecular weight excluding hydrogens is 126 g/mol. The summed E-state index contributed by atoms with van der Waals surface area (Å²) in [5.41, 5.74) is 0. The number of carbonyl (C=O) groups is 1. The molecule has 1 aliphatic rings. The van der Waals surface area contributed by atoms with Gasteiger partial charge in [-0.2, -0.15) is 0 Å². The Hall–Kier alpha value is -0.370. The molecule has 0 saturated carbocycles. The quantitative estimate of drug-likeness (QED) is 0.630. The molecule has 2 heteroatoms. The monoisotopic (exact) mass is 141 g/mol. The zero-order valence-corrected chi connectivity index (χ0v) is 6.68. The van der Waals surface area contributed by atoms with Crippen molar-refractivity contribution >= 4 is 5.78 Å². The summed E-state index contributed by atoms with van der Waals surface area (Å²) in [6.45, 7) is 5.99. The van der Waals surface area contributed by atoms with Crippen molar-refractivity contribution in [1.29, 1.82) is 0 Å². The standard InChI is InChI=1S/C8H15NO/c1-6(2)3-8(10)7-4-9-5-7/h6-7,9H,3-5H2,1-2H3. The van der Waals surface area contributed by atoms with Crippen molar-refractivity contribution in [1.82, 2.24) is 5.32 Å². The number of carbonyl (C=O) groups excluding carboxylic acids is 1. The van der Waals surface area contributed by atoms with E-state index in [0.29, 0.717) is 17.6 Å². The van der Waals surface area contributed by atoms with E-state index >= 15 is 0 Å². The number of hydrogen-bond donors (Lipinski definition) is 1. The molecule has 0 aromatic heterocycles. The molecule has 10 heavy (non-hydrogen) atoms. The van der Waals surface area contributed by atoms with Gasteiger partial charge in [-0.3, -0.25) is 4.79 Å². The van der Waals surface area contributed by atoms with Gasteiger partial charge in [0.25, 0.3) is 0 Å². The molecule has 1 saturated heterocycles. The van der Waals surface area contributed by atoms with E-state index in [2.05, 4.69) is 19.2 Å². The van der Waals surface area contributed by atoms with E-state index in [1.807, 2.05) is 0 Å². The van der Waals surface area contributed by atoms with Crippen molar-refractivity contribution in [3.63, 3.8) is 0 Å². The van der Waals surface area contributed by atoms with Gasteiger partial charge >= 0.3 is 0 Å². The number of rotatable bonds is 3. The molecule has 2 nitrogen and oxygen atoms in total. The van der Waals surface area contributed by atoms with Gasteiger partial charge in [0, 0.05) is 25.4 Å². The van der Waals surface area contributed by atoms with Crippen LogP contribution in [0.5, 0.6) is 0 Å². The maximum absolute atomic E-state index is 11.2. The van der Waals surface area contributed by atoms with Crippen LogP contribution < -0.4 is 5.32 Å². The molecular formula is C8H15NO. The fourth-order valence-corrected chi connectivity index (χ4v) is 1.09. The van der Waals surface area contributed by atoms with Crippen LogP contribution in [0.15, 0.2) is 0 Å². The van der Waals surface area contributed by atoms with Crippen molar-refractivity contribution in [3.05, 3.63) is 0 Å². The largest absolute Gasteiger partial charge is 0.315 e. The highest BCUT2D eigenvalue weighted by Gasteiger charge is 2.24. The van der Waals surface area contributed by atoms with Gasteiger partial charge in [0.15, 0.2) is 0 Å². The minimum atomic E-state index is 0.336. The molecule has 0 atom stereocenters. The molecule has 1 heterocycles. The van der Waals surface area contributed by atoms with E-state index in [1.54, 1.807) is 0 Å². The van der Waals surface area contributed by atoms with E-state index in [4.69, 9.17) is 0 Å². The molecule has 1 rings (SSSR count). The summed E-state index contributed by atoms with van der Waals surface area (Å²) in [5.74, 6) is 1.30. The van der Waals surface area contributed by atoms with Crippen molar-refractivity contribution in [2.24, 2.45) is 11.8 Å². The molecule has 0 spiro atoms. The minimum absolute atomic E-state index is 0.336. The van der Waals surface area contributed by atoms with E-state index in [-0.39, 0.29) is 0 Å². The second-order valence-electron chi connectivity index (χ2n) is 3.42. The molecule has 0 aromatic carbocycles. The van der Waals surface area contributed by atoms with Gasteiger partial charge < -0.3 is 5.32 Å². The van der Waals surface area contributed by atoms with Crippen LogP contribution in [0.2, 0.25) is 0 Å². The van der Waals surface area contributed by atoms with Crippen molar-refractivity contribution in [2.75, 3.05) is 13.1 Å². The topological polar surface area (TPSA) is 29.1 Å². The fourth-order valence-electron chi connectivity index (χ4n) is 1.09. The lowest BCUT2D eigenvalue weighted by atomic mass is 9.92. The molecule has 58 valence electrons. The second kappa shape index (κ2) is 3.15. The zero-order valence-electron chi connectivity index (χ0n) is 6.68. The molecule has 0 unspecified atom stereocenters. The molecule has 1 aliphatic heterocycles. The molecule has 1 N–H and O–H groups in total. The van der Waals surface area contributed by atoms with Crippen LogP contribution >= 0.6 is 0 Å². The summed E-state index contributed by atoms with van der Waals surface area (Å²) < 4.78 is 0. The summed E-state index contributed by atoms with van der Waals surface area (Å²) in [4.78, 5) is 11.2. The van der Waals surface area contributed by atoms with E-state index in [1.165, 1.54) is 0 Å². The lowest BCUT2D eigenvalue weighted by molar-refractivity contribution is -0.124. The highest BCUT2D eigenvalue weighted by atomic mass is 16.1. The fraction of sp³-hybridized carbons (Fsp3) is 0.875. The first-order valence-electron chi connectivity index (χ1n) is 3.93. The average molecular weight is 141 g/mol. The average Bonchev–Trinajstić information content (AvgIpc) is 1.55. The van der Waals surface area contributed by atoms with Gasteiger partial charge in [-0.15, -0.1) is 0 Å². The summed E-state index contributed by atoms with van der Waals surface area (Å²) in [6.07, 6.45) is 0.756. The molecule has 1 fully saturated rings. The smallest absolute Gasteiger partial charge is 0.138 e. The van der Waals surface area contributed by atoms with Crippen LogP contribution in [-0.4, -0.2) is 18.9 Å².